The van der Waals surface area contributed by atoms with Crippen molar-refractivity contribution in [1.29, 1.82) is 0 Å². The summed E-state index contributed by atoms with van der Waals surface area (Å²) >= 11 is 0. The molecule has 0 aliphatic rings. The summed E-state index contributed by atoms with van der Waals surface area (Å²) in [6.45, 7) is 7.12. The molecule has 0 aliphatic carbocycles. The molecule has 0 bridgehead atoms. The van der Waals surface area contributed by atoms with Gasteiger partial charge >= 0.3 is 0 Å². The minimum atomic E-state index is 0.545. The fourth-order valence-corrected chi connectivity index (χ4v) is 5.96. The topological polar surface area (TPSA) is 86.4 Å². The van der Waals surface area contributed by atoms with Crippen LogP contribution in [0.5, 0.6) is 23.0 Å². The average Bonchev–Trinajstić information content (AvgIpc) is 3.22. The van der Waals surface area contributed by atoms with Gasteiger partial charge in [0.25, 0.3) is 0 Å². The molecule has 0 aliphatic heterocycles. The van der Waals surface area contributed by atoms with E-state index >= 15 is 0 Å². The van der Waals surface area contributed by atoms with Crippen LogP contribution in [0.3, 0.4) is 0 Å². The van der Waals surface area contributed by atoms with Crippen molar-refractivity contribution in [2.45, 2.75) is 123 Å². The molecule has 0 fully saturated rings. The predicted molar refractivity (Wildman–Crippen MR) is 226 cm³/mol. The quantitative estimate of drug-likeness (QED) is 0.0392. The number of azo groups is 2. The van der Waals surface area contributed by atoms with Crippen LogP contribution in [0.25, 0.3) is 0 Å². The van der Waals surface area contributed by atoms with Crippen molar-refractivity contribution in [2.24, 2.45) is 20.5 Å². The van der Waals surface area contributed by atoms with Crippen LogP contribution in [0.4, 0.5) is 22.7 Å². The Morgan fingerprint density at radius 2 is 0.491 bits per heavy atom. The van der Waals surface area contributed by atoms with Gasteiger partial charge in [-0.05, 0) is 110 Å². The third-order valence-electron chi connectivity index (χ3n) is 9.27. The first-order valence-electron chi connectivity index (χ1n) is 21.0. The Bertz CT molecular complexity index is 1470. The van der Waals surface area contributed by atoms with Gasteiger partial charge in [-0.1, -0.05) is 104 Å². The maximum atomic E-state index is 5.90. The number of rotatable bonds is 30. The molecule has 0 spiro atoms. The van der Waals surface area contributed by atoms with E-state index in [1.807, 2.05) is 97.1 Å². The molecule has 4 aromatic carbocycles. The van der Waals surface area contributed by atoms with Gasteiger partial charge in [0.15, 0.2) is 0 Å². The first kappa shape index (κ1) is 43.0. The minimum Gasteiger partial charge on any atom is -0.494 e. The zero-order chi connectivity index (χ0) is 38.4. The van der Waals surface area contributed by atoms with Crippen molar-refractivity contribution in [3.8, 4) is 23.0 Å². The van der Waals surface area contributed by atoms with E-state index in [-0.39, 0.29) is 0 Å². The zero-order valence-electron chi connectivity index (χ0n) is 33.5. The number of ether oxygens (including phenoxy) is 4. The average molecular weight is 749 g/mol. The monoisotopic (exact) mass is 748 g/mol. The molecule has 0 amide bonds. The molecule has 0 unspecified atom stereocenters. The lowest BCUT2D eigenvalue weighted by atomic mass is 10.1. The standard InChI is InChI=1S/C47H64N4O4/c1-3-5-7-9-11-13-15-17-36-52-44-28-20-40(21-29-44)48-50-42-24-32-46(33-25-42)54-38-19-39-55-47-34-26-43(27-35-47)51-49-41-22-30-45(31-23-41)53-37-18-16-14-12-10-8-6-4-2/h20-35H,3-19,36-39H2,1-2H3. The largest absolute Gasteiger partial charge is 0.494 e. The Balaban J connectivity index is 1.03. The highest BCUT2D eigenvalue weighted by Gasteiger charge is 2.01. The molecule has 4 rings (SSSR count). The summed E-state index contributed by atoms with van der Waals surface area (Å²) in [6, 6.07) is 30.8. The molecular weight excluding hydrogens is 685 g/mol. The van der Waals surface area contributed by atoms with Gasteiger partial charge < -0.3 is 18.9 Å². The van der Waals surface area contributed by atoms with Crippen LogP contribution in [-0.4, -0.2) is 26.4 Å². The Morgan fingerprint density at radius 3 is 0.745 bits per heavy atom. The lowest BCUT2D eigenvalue weighted by Gasteiger charge is -2.08. The van der Waals surface area contributed by atoms with Gasteiger partial charge in [0.1, 0.15) is 23.0 Å². The van der Waals surface area contributed by atoms with Gasteiger partial charge in [-0.25, -0.2) is 0 Å². The number of hydrogen-bond donors (Lipinski definition) is 0. The fourth-order valence-electron chi connectivity index (χ4n) is 5.96. The smallest absolute Gasteiger partial charge is 0.119 e. The van der Waals surface area contributed by atoms with Crippen molar-refractivity contribution in [3.05, 3.63) is 97.1 Å². The lowest BCUT2D eigenvalue weighted by molar-refractivity contribution is 0.247. The maximum absolute atomic E-state index is 5.90. The first-order chi connectivity index (χ1) is 27.2. The zero-order valence-corrected chi connectivity index (χ0v) is 33.5. The van der Waals surface area contributed by atoms with E-state index in [1.165, 1.54) is 89.9 Å². The summed E-state index contributed by atoms with van der Waals surface area (Å²) in [4.78, 5) is 0. The van der Waals surface area contributed by atoms with Crippen LogP contribution in [-0.2, 0) is 0 Å². The fraction of sp³-hybridized carbons (Fsp3) is 0.489. The van der Waals surface area contributed by atoms with Gasteiger partial charge in [-0.3, -0.25) is 0 Å². The van der Waals surface area contributed by atoms with Crippen LogP contribution in [0.1, 0.15) is 123 Å². The summed E-state index contributed by atoms with van der Waals surface area (Å²) < 4.78 is 23.6. The van der Waals surface area contributed by atoms with E-state index < -0.39 is 0 Å². The van der Waals surface area contributed by atoms with Crippen LogP contribution in [0, 0.1) is 0 Å². The molecule has 8 nitrogen and oxygen atoms in total. The summed E-state index contributed by atoms with van der Waals surface area (Å²) in [5.74, 6) is 3.32. The lowest BCUT2D eigenvalue weighted by Crippen LogP contribution is -2.04. The Labute approximate surface area is 330 Å². The molecule has 0 atom stereocenters. The van der Waals surface area contributed by atoms with Gasteiger partial charge in [-0.2, -0.15) is 20.5 Å². The number of benzene rings is 4. The predicted octanol–water partition coefficient (Wildman–Crippen LogP) is 15.4. The van der Waals surface area contributed by atoms with Gasteiger partial charge in [0.05, 0.1) is 49.2 Å². The van der Waals surface area contributed by atoms with E-state index in [0.29, 0.717) is 13.2 Å². The molecule has 0 saturated carbocycles. The van der Waals surface area contributed by atoms with Gasteiger partial charge in [-0.15, -0.1) is 0 Å². The van der Waals surface area contributed by atoms with Crippen LogP contribution >= 0.6 is 0 Å². The molecule has 55 heavy (non-hydrogen) atoms. The molecule has 0 radical (unpaired) electrons. The van der Waals surface area contributed by atoms with Crippen molar-refractivity contribution in [1.82, 2.24) is 0 Å². The Kier molecular flexibility index (Phi) is 21.7. The maximum Gasteiger partial charge on any atom is 0.119 e. The molecule has 4 aromatic rings. The third kappa shape index (κ3) is 19.4. The normalized spacial score (nSPS) is 11.4. The van der Waals surface area contributed by atoms with Crippen molar-refractivity contribution >= 4 is 22.7 Å². The van der Waals surface area contributed by atoms with E-state index in [4.69, 9.17) is 18.9 Å². The Morgan fingerprint density at radius 1 is 0.273 bits per heavy atom. The SMILES string of the molecule is CCCCCCCCCCOc1ccc(N=Nc2ccc(OCCCOc3ccc(N=Nc4ccc(OCCCCCCCCCC)cc4)cc3)cc2)cc1. The highest BCUT2D eigenvalue weighted by atomic mass is 16.5. The van der Waals surface area contributed by atoms with Crippen LogP contribution in [0.2, 0.25) is 0 Å². The second-order valence-corrected chi connectivity index (χ2v) is 14.1. The van der Waals surface area contributed by atoms with E-state index in [0.717, 1.165) is 78.2 Å². The number of nitrogens with zero attached hydrogens (tertiary/aromatic N) is 4. The van der Waals surface area contributed by atoms with Crippen molar-refractivity contribution in [2.75, 3.05) is 26.4 Å². The minimum absolute atomic E-state index is 0.545. The van der Waals surface area contributed by atoms with E-state index in [2.05, 4.69) is 34.3 Å². The molecule has 0 aromatic heterocycles. The Hall–Kier alpha value is -4.72. The first-order valence-corrected chi connectivity index (χ1v) is 21.0. The van der Waals surface area contributed by atoms with Crippen molar-refractivity contribution < 1.29 is 18.9 Å². The summed E-state index contributed by atoms with van der Waals surface area (Å²) in [5, 5.41) is 17.5. The molecular formula is C47H64N4O4. The number of unbranched alkanes of at least 4 members (excludes halogenated alkanes) is 14. The highest BCUT2D eigenvalue weighted by Crippen LogP contribution is 2.25. The molecule has 0 N–H and O–H groups in total. The van der Waals surface area contributed by atoms with Gasteiger partial charge in [0.2, 0.25) is 0 Å². The van der Waals surface area contributed by atoms with E-state index in [9.17, 15) is 0 Å². The summed E-state index contributed by atoms with van der Waals surface area (Å²) in [5.41, 5.74) is 3.10. The third-order valence-corrected chi connectivity index (χ3v) is 9.27. The molecule has 8 heteroatoms. The van der Waals surface area contributed by atoms with Crippen LogP contribution < -0.4 is 18.9 Å². The second kappa shape index (κ2) is 27.8. The van der Waals surface area contributed by atoms with E-state index in [1.54, 1.807) is 0 Å². The molecule has 296 valence electrons. The number of hydrogen-bond acceptors (Lipinski definition) is 8. The van der Waals surface area contributed by atoms with Gasteiger partial charge in [0, 0.05) is 6.42 Å². The molecule has 0 heterocycles. The summed E-state index contributed by atoms with van der Waals surface area (Å²) in [7, 11) is 0. The van der Waals surface area contributed by atoms with Crippen molar-refractivity contribution in [3.63, 3.8) is 0 Å². The summed E-state index contributed by atoms with van der Waals surface area (Å²) in [6.07, 6.45) is 21.5. The van der Waals surface area contributed by atoms with Crippen LogP contribution in [0.15, 0.2) is 118 Å². The highest BCUT2D eigenvalue weighted by molar-refractivity contribution is 5.45. The second-order valence-electron chi connectivity index (χ2n) is 14.1. The molecule has 0 saturated heterocycles.